The number of benzene rings is 2. The molecule has 2 aromatic carbocycles. The van der Waals surface area contributed by atoms with Gasteiger partial charge in [0.05, 0.1) is 0 Å². The van der Waals surface area contributed by atoms with Gasteiger partial charge in [-0.3, -0.25) is 4.79 Å². The molecule has 3 rings (SSSR count). The molecule has 1 heterocycles. The summed E-state index contributed by atoms with van der Waals surface area (Å²) in [5, 5.41) is 0.960. The van der Waals surface area contributed by atoms with Crippen LogP contribution in [0.3, 0.4) is 0 Å². The van der Waals surface area contributed by atoms with Crippen molar-refractivity contribution >= 4 is 16.9 Å². The molecule has 3 nitrogen and oxygen atoms in total. The third-order valence-electron chi connectivity index (χ3n) is 3.63. The van der Waals surface area contributed by atoms with E-state index in [0.29, 0.717) is 18.8 Å². The van der Waals surface area contributed by atoms with Gasteiger partial charge in [0.25, 0.3) is 5.91 Å². The highest BCUT2D eigenvalue weighted by Crippen LogP contribution is 2.21. The lowest BCUT2D eigenvalue weighted by Gasteiger charge is -2.21. The van der Waals surface area contributed by atoms with Gasteiger partial charge in [0.15, 0.2) is 5.76 Å². The molecule has 0 bridgehead atoms. The van der Waals surface area contributed by atoms with Crippen molar-refractivity contribution in [3.63, 3.8) is 0 Å². The molecular weight excluding hydrogens is 274 g/mol. The number of nitrogens with zero attached hydrogens (tertiary/aromatic N) is 1. The van der Waals surface area contributed by atoms with E-state index in [1.165, 1.54) is 0 Å². The number of para-hydroxylation sites is 1. The molecule has 0 N–H and O–H groups in total. The Bertz CT molecular complexity index is 728. The number of carbonyl (C=O) groups is 1. The maximum Gasteiger partial charge on any atom is 0.289 e. The average molecular weight is 293 g/mol. The van der Waals surface area contributed by atoms with Gasteiger partial charge in [0.2, 0.25) is 0 Å². The van der Waals surface area contributed by atoms with Crippen LogP contribution < -0.4 is 0 Å². The van der Waals surface area contributed by atoms with E-state index in [9.17, 15) is 4.79 Å². The van der Waals surface area contributed by atoms with Crippen LogP contribution in [0.1, 0.15) is 29.5 Å². The first-order valence-corrected chi connectivity index (χ1v) is 7.59. The van der Waals surface area contributed by atoms with Crippen molar-refractivity contribution in [3.05, 3.63) is 72.0 Å². The Morgan fingerprint density at radius 1 is 1.05 bits per heavy atom. The number of rotatable bonds is 5. The van der Waals surface area contributed by atoms with Gasteiger partial charge in [-0.05, 0) is 24.1 Å². The summed E-state index contributed by atoms with van der Waals surface area (Å²) >= 11 is 0. The summed E-state index contributed by atoms with van der Waals surface area (Å²) in [5.41, 5.74) is 1.88. The molecule has 0 atom stereocenters. The quantitative estimate of drug-likeness (QED) is 0.694. The standard InChI is InChI=1S/C19H19NO2/c1-2-12-20(14-15-8-4-3-5-9-15)19(21)18-13-16-10-6-7-11-17(16)22-18/h3-11,13H,2,12,14H2,1H3. The molecule has 3 heteroatoms. The van der Waals surface area contributed by atoms with Crippen molar-refractivity contribution in [2.24, 2.45) is 0 Å². The lowest BCUT2D eigenvalue weighted by atomic mass is 10.2. The topological polar surface area (TPSA) is 33.5 Å². The van der Waals surface area contributed by atoms with Crippen LogP contribution in [0.25, 0.3) is 11.0 Å². The zero-order valence-electron chi connectivity index (χ0n) is 12.7. The summed E-state index contributed by atoms with van der Waals surface area (Å²) in [5.74, 6) is 0.354. The molecule has 0 fully saturated rings. The predicted molar refractivity (Wildman–Crippen MR) is 87.7 cm³/mol. The summed E-state index contributed by atoms with van der Waals surface area (Å²) in [6.45, 7) is 3.39. The van der Waals surface area contributed by atoms with Gasteiger partial charge in [-0.2, -0.15) is 0 Å². The van der Waals surface area contributed by atoms with Gasteiger partial charge < -0.3 is 9.32 Å². The van der Waals surface area contributed by atoms with Crippen LogP contribution >= 0.6 is 0 Å². The molecule has 3 aromatic rings. The van der Waals surface area contributed by atoms with Gasteiger partial charge in [0, 0.05) is 18.5 Å². The third-order valence-corrected chi connectivity index (χ3v) is 3.63. The van der Waals surface area contributed by atoms with Crippen molar-refractivity contribution in [1.29, 1.82) is 0 Å². The normalized spacial score (nSPS) is 10.8. The smallest absolute Gasteiger partial charge is 0.289 e. The minimum Gasteiger partial charge on any atom is -0.451 e. The number of carbonyl (C=O) groups excluding carboxylic acids is 1. The molecular formula is C19H19NO2. The fraction of sp³-hybridized carbons (Fsp3) is 0.211. The second kappa shape index (κ2) is 6.48. The van der Waals surface area contributed by atoms with Crippen molar-refractivity contribution < 1.29 is 9.21 Å². The molecule has 22 heavy (non-hydrogen) atoms. The Labute approximate surface area is 130 Å². The lowest BCUT2D eigenvalue weighted by Crippen LogP contribution is -2.31. The van der Waals surface area contributed by atoms with Gasteiger partial charge in [-0.15, -0.1) is 0 Å². The highest BCUT2D eigenvalue weighted by molar-refractivity contribution is 5.96. The average Bonchev–Trinajstić information content (AvgIpc) is 2.99. The highest BCUT2D eigenvalue weighted by atomic mass is 16.3. The number of hydrogen-bond acceptors (Lipinski definition) is 2. The Hall–Kier alpha value is -2.55. The van der Waals surface area contributed by atoms with Gasteiger partial charge in [-0.1, -0.05) is 55.5 Å². The maximum absolute atomic E-state index is 12.7. The van der Waals surface area contributed by atoms with Gasteiger partial charge >= 0.3 is 0 Å². The molecule has 0 aliphatic carbocycles. The molecule has 0 unspecified atom stereocenters. The summed E-state index contributed by atoms with van der Waals surface area (Å²) in [4.78, 5) is 14.6. The van der Waals surface area contributed by atoms with Crippen molar-refractivity contribution in [3.8, 4) is 0 Å². The number of amides is 1. The van der Waals surface area contributed by atoms with Crippen LogP contribution in [-0.4, -0.2) is 17.4 Å². The van der Waals surface area contributed by atoms with E-state index in [1.807, 2.05) is 65.6 Å². The van der Waals surface area contributed by atoms with Crippen LogP contribution in [0, 0.1) is 0 Å². The molecule has 112 valence electrons. The van der Waals surface area contributed by atoms with Gasteiger partial charge in [0.1, 0.15) is 5.58 Å². The summed E-state index contributed by atoms with van der Waals surface area (Å²) < 4.78 is 5.70. The predicted octanol–water partition coefficient (Wildman–Crippen LogP) is 4.49. The fourth-order valence-corrected chi connectivity index (χ4v) is 2.57. The highest BCUT2D eigenvalue weighted by Gasteiger charge is 2.19. The molecule has 0 radical (unpaired) electrons. The van der Waals surface area contributed by atoms with E-state index in [2.05, 4.69) is 6.92 Å². The Morgan fingerprint density at radius 2 is 1.77 bits per heavy atom. The Balaban J connectivity index is 1.85. The number of furan rings is 1. The van der Waals surface area contributed by atoms with Crippen LogP contribution in [0.5, 0.6) is 0 Å². The Morgan fingerprint density at radius 3 is 2.50 bits per heavy atom. The largest absolute Gasteiger partial charge is 0.451 e. The van der Waals surface area contributed by atoms with E-state index >= 15 is 0 Å². The molecule has 1 aromatic heterocycles. The first-order chi connectivity index (χ1) is 10.8. The second-order valence-electron chi connectivity index (χ2n) is 5.36. The molecule has 1 amide bonds. The first kappa shape index (κ1) is 14.4. The summed E-state index contributed by atoms with van der Waals surface area (Å²) in [6, 6.07) is 19.6. The lowest BCUT2D eigenvalue weighted by molar-refractivity contribution is 0.0713. The van der Waals surface area contributed by atoms with E-state index in [4.69, 9.17) is 4.42 Å². The third kappa shape index (κ3) is 3.03. The maximum atomic E-state index is 12.7. The zero-order valence-corrected chi connectivity index (χ0v) is 12.7. The van der Waals surface area contributed by atoms with Crippen molar-refractivity contribution in [2.45, 2.75) is 19.9 Å². The van der Waals surface area contributed by atoms with Crippen LogP contribution in [0.4, 0.5) is 0 Å². The van der Waals surface area contributed by atoms with Crippen LogP contribution in [-0.2, 0) is 6.54 Å². The monoisotopic (exact) mass is 293 g/mol. The molecule has 0 aliphatic heterocycles. The fourth-order valence-electron chi connectivity index (χ4n) is 2.57. The van der Waals surface area contributed by atoms with Crippen molar-refractivity contribution in [1.82, 2.24) is 4.90 Å². The van der Waals surface area contributed by atoms with Crippen molar-refractivity contribution in [2.75, 3.05) is 6.54 Å². The van der Waals surface area contributed by atoms with E-state index in [-0.39, 0.29) is 5.91 Å². The van der Waals surface area contributed by atoms with Crippen LogP contribution in [0.2, 0.25) is 0 Å². The zero-order chi connectivity index (χ0) is 15.4. The van der Waals surface area contributed by atoms with E-state index < -0.39 is 0 Å². The molecule has 0 saturated carbocycles. The second-order valence-corrected chi connectivity index (χ2v) is 5.36. The molecule has 0 spiro atoms. The summed E-state index contributed by atoms with van der Waals surface area (Å²) in [6.07, 6.45) is 0.915. The van der Waals surface area contributed by atoms with Crippen LogP contribution in [0.15, 0.2) is 65.1 Å². The number of fused-ring (bicyclic) bond motifs is 1. The minimum absolute atomic E-state index is 0.0538. The minimum atomic E-state index is -0.0538. The summed E-state index contributed by atoms with van der Waals surface area (Å²) in [7, 11) is 0. The SMILES string of the molecule is CCCN(Cc1ccccc1)C(=O)c1cc2ccccc2o1. The first-order valence-electron chi connectivity index (χ1n) is 7.59. The van der Waals surface area contributed by atoms with Gasteiger partial charge in [-0.25, -0.2) is 0 Å². The molecule has 0 aliphatic rings. The van der Waals surface area contributed by atoms with E-state index in [1.54, 1.807) is 0 Å². The number of hydrogen-bond donors (Lipinski definition) is 0. The van der Waals surface area contributed by atoms with E-state index in [0.717, 1.165) is 23.0 Å². The molecule has 0 saturated heterocycles. The Kier molecular flexibility index (Phi) is 4.24.